The summed E-state index contributed by atoms with van der Waals surface area (Å²) in [5.74, 6) is -0.383. The molecule has 1 unspecified atom stereocenters. The first kappa shape index (κ1) is 20.7. The Kier molecular flexibility index (Phi) is 7.06. The smallest absolute Gasteiger partial charge is 0.235 e. The first-order valence-corrected chi connectivity index (χ1v) is 10.5. The molecule has 0 aliphatic heterocycles. The molecule has 26 heavy (non-hydrogen) atoms. The van der Waals surface area contributed by atoms with Gasteiger partial charge in [-0.3, -0.25) is 4.79 Å². The molecule has 0 aliphatic carbocycles. The Morgan fingerprint density at radius 1 is 1.04 bits per heavy atom. The molecule has 0 aromatic heterocycles. The minimum Gasteiger partial charge on any atom is -0.348 e. The van der Waals surface area contributed by atoms with Gasteiger partial charge in [0, 0.05) is 16.6 Å². The number of rotatable bonds is 7. The van der Waals surface area contributed by atoms with Gasteiger partial charge in [-0.1, -0.05) is 47.5 Å². The second-order valence-corrected chi connectivity index (χ2v) is 8.85. The van der Waals surface area contributed by atoms with E-state index in [1.807, 2.05) is 19.1 Å². The van der Waals surface area contributed by atoms with Crippen LogP contribution in [0.4, 0.5) is 0 Å². The van der Waals surface area contributed by atoms with Crippen LogP contribution in [0.15, 0.2) is 48.5 Å². The van der Waals surface area contributed by atoms with Crippen molar-refractivity contribution in [3.05, 3.63) is 69.7 Å². The van der Waals surface area contributed by atoms with E-state index >= 15 is 0 Å². The van der Waals surface area contributed by atoms with E-state index in [2.05, 4.69) is 5.32 Å². The standard InChI is InChI=1S/C18H20Cl2N2O3S/c1-13(15-5-9-17(20)10-6-15)21-18(23)12-22(26(2,24)25)11-14-3-7-16(19)8-4-14/h3-10,13H,11-12H2,1-2H3,(H,21,23). The van der Waals surface area contributed by atoms with Crippen LogP contribution >= 0.6 is 23.2 Å². The molecular weight excluding hydrogens is 395 g/mol. The zero-order chi connectivity index (χ0) is 19.3. The zero-order valence-electron chi connectivity index (χ0n) is 14.4. The van der Waals surface area contributed by atoms with Crippen LogP contribution < -0.4 is 5.32 Å². The summed E-state index contributed by atoms with van der Waals surface area (Å²) in [5, 5.41) is 3.98. The average Bonchev–Trinajstić information content (AvgIpc) is 2.56. The number of carbonyl (C=O) groups is 1. The Morgan fingerprint density at radius 3 is 2.04 bits per heavy atom. The number of halogens is 2. The first-order chi connectivity index (χ1) is 12.1. The molecule has 2 aromatic rings. The molecule has 2 aromatic carbocycles. The number of carbonyl (C=O) groups excluding carboxylic acids is 1. The van der Waals surface area contributed by atoms with Crippen molar-refractivity contribution in [2.45, 2.75) is 19.5 Å². The molecule has 5 nitrogen and oxygen atoms in total. The molecule has 1 amide bonds. The van der Waals surface area contributed by atoms with Crippen molar-refractivity contribution in [1.82, 2.24) is 9.62 Å². The average molecular weight is 415 g/mol. The minimum atomic E-state index is -3.55. The van der Waals surface area contributed by atoms with Gasteiger partial charge in [0.05, 0.1) is 18.8 Å². The lowest BCUT2D eigenvalue weighted by atomic mass is 10.1. The molecule has 0 radical (unpaired) electrons. The van der Waals surface area contributed by atoms with Gasteiger partial charge in [-0.15, -0.1) is 0 Å². The number of hydrogen-bond acceptors (Lipinski definition) is 3. The highest BCUT2D eigenvalue weighted by molar-refractivity contribution is 7.88. The van der Waals surface area contributed by atoms with E-state index < -0.39 is 10.0 Å². The van der Waals surface area contributed by atoms with E-state index in [0.717, 1.165) is 21.7 Å². The summed E-state index contributed by atoms with van der Waals surface area (Å²) < 4.78 is 25.2. The fraction of sp³-hybridized carbons (Fsp3) is 0.278. The Hall–Kier alpha value is -1.60. The SMILES string of the molecule is CC(NC(=O)CN(Cc1ccc(Cl)cc1)S(C)(=O)=O)c1ccc(Cl)cc1. The zero-order valence-corrected chi connectivity index (χ0v) is 16.8. The monoisotopic (exact) mass is 414 g/mol. The van der Waals surface area contributed by atoms with Gasteiger partial charge in [-0.25, -0.2) is 8.42 Å². The van der Waals surface area contributed by atoms with Gasteiger partial charge in [-0.05, 0) is 42.3 Å². The minimum absolute atomic E-state index is 0.0960. The molecule has 8 heteroatoms. The maximum atomic E-state index is 12.3. The van der Waals surface area contributed by atoms with E-state index in [0.29, 0.717) is 10.0 Å². The Bertz CT molecular complexity index is 853. The van der Waals surface area contributed by atoms with Gasteiger partial charge in [0.15, 0.2) is 0 Å². The van der Waals surface area contributed by atoms with Crippen molar-refractivity contribution in [3.8, 4) is 0 Å². The Morgan fingerprint density at radius 2 is 1.54 bits per heavy atom. The van der Waals surface area contributed by atoms with Crippen LogP contribution in [-0.4, -0.2) is 31.4 Å². The predicted octanol–water partition coefficient (Wildman–Crippen LogP) is 3.63. The molecule has 0 heterocycles. The molecule has 0 saturated heterocycles. The summed E-state index contributed by atoms with van der Waals surface area (Å²) >= 11 is 11.7. The molecule has 0 fully saturated rings. The second kappa shape index (κ2) is 8.86. The highest BCUT2D eigenvalue weighted by Gasteiger charge is 2.21. The fourth-order valence-electron chi connectivity index (χ4n) is 2.37. The van der Waals surface area contributed by atoms with Crippen molar-refractivity contribution >= 4 is 39.1 Å². The van der Waals surface area contributed by atoms with Gasteiger partial charge in [0.1, 0.15) is 0 Å². The quantitative estimate of drug-likeness (QED) is 0.751. The van der Waals surface area contributed by atoms with Crippen LogP contribution in [0.2, 0.25) is 10.0 Å². The molecule has 2 rings (SSSR count). The van der Waals surface area contributed by atoms with Gasteiger partial charge >= 0.3 is 0 Å². The fourth-order valence-corrected chi connectivity index (χ4v) is 3.35. The van der Waals surface area contributed by atoms with E-state index in [4.69, 9.17) is 23.2 Å². The summed E-state index contributed by atoms with van der Waals surface area (Å²) in [4.78, 5) is 12.3. The summed E-state index contributed by atoms with van der Waals surface area (Å²) in [7, 11) is -3.55. The third-order valence-corrected chi connectivity index (χ3v) is 5.51. The molecule has 0 bridgehead atoms. The number of nitrogens with zero attached hydrogens (tertiary/aromatic N) is 1. The highest BCUT2D eigenvalue weighted by atomic mass is 35.5. The van der Waals surface area contributed by atoms with Crippen LogP contribution in [0.5, 0.6) is 0 Å². The third kappa shape index (κ3) is 6.29. The Labute approximate surface area is 164 Å². The number of benzene rings is 2. The topological polar surface area (TPSA) is 66.5 Å². The maximum Gasteiger partial charge on any atom is 0.235 e. The van der Waals surface area contributed by atoms with E-state index in [-0.39, 0.29) is 25.0 Å². The summed E-state index contributed by atoms with van der Waals surface area (Å²) in [6.45, 7) is 1.66. The number of hydrogen-bond donors (Lipinski definition) is 1. The lowest BCUT2D eigenvalue weighted by molar-refractivity contribution is -0.122. The van der Waals surface area contributed by atoms with Crippen molar-refractivity contribution in [2.24, 2.45) is 0 Å². The lowest BCUT2D eigenvalue weighted by Crippen LogP contribution is -2.40. The molecule has 0 saturated carbocycles. The lowest BCUT2D eigenvalue weighted by Gasteiger charge is -2.21. The number of nitrogens with one attached hydrogen (secondary N) is 1. The Balaban J connectivity index is 2.04. The predicted molar refractivity (Wildman–Crippen MR) is 105 cm³/mol. The van der Waals surface area contributed by atoms with E-state index in [1.165, 1.54) is 0 Å². The van der Waals surface area contributed by atoms with Crippen LogP contribution in [0.1, 0.15) is 24.1 Å². The maximum absolute atomic E-state index is 12.3. The molecule has 0 aliphatic rings. The molecule has 0 spiro atoms. The van der Waals surface area contributed by atoms with Crippen LogP contribution in [-0.2, 0) is 21.4 Å². The van der Waals surface area contributed by atoms with Gasteiger partial charge in [0.2, 0.25) is 15.9 Å². The summed E-state index contributed by atoms with van der Waals surface area (Å²) in [6, 6.07) is 13.7. The summed E-state index contributed by atoms with van der Waals surface area (Å²) in [6.07, 6.45) is 1.08. The molecule has 140 valence electrons. The van der Waals surface area contributed by atoms with E-state index in [1.54, 1.807) is 36.4 Å². The summed E-state index contributed by atoms with van der Waals surface area (Å²) in [5.41, 5.74) is 1.63. The van der Waals surface area contributed by atoms with Crippen LogP contribution in [0.3, 0.4) is 0 Å². The number of sulfonamides is 1. The normalized spacial score (nSPS) is 12.8. The van der Waals surface area contributed by atoms with Crippen molar-refractivity contribution in [3.63, 3.8) is 0 Å². The second-order valence-electron chi connectivity index (χ2n) is 6.00. The van der Waals surface area contributed by atoms with Crippen LogP contribution in [0.25, 0.3) is 0 Å². The van der Waals surface area contributed by atoms with Crippen molar-refractivity contribution in [2.75, 3.05) is 12.8 Å². The molecular formula is C18H20Cl2N2O3S. The largest absolute Gasteiger partial charge is 0.348 e. The van der Waals surface area contributed by atoms with E-state index in [9.17, 15) is 13.2 Å². The first-order valence-electron chi connectivity index (χ1n) is 7.89. The van der Waals surface area contributed by atoms with Crippen molar-refractivity contribution < 1.29 is 13.2 Å². The van der Waals surface area contributed by atoms with Gasteiger partial charge < -0.3 is 5.32 Å². The van der Waals surface area contributed by atoms with Gasteiger partial charge in [-0.2, -0.15) is 4.31 Å². The molecule has 1 atom stereocenters. The molecule has 1 N–H and O–H groups in total. The highest BCUT2D eigenvalue weighted by Crippen LogP contribution is 2.17. The van der Waals surface area contributed by atoms with Crippen LogP contribution in [0, 0.1) is 0 Å². The van der Waals surface area contributed by atoms with Crippen molar-refractivity contribution in [1.29, 1.82) is 0 Å². The third-order valence-electron chi connectivity index (χ3n) is 3.81. The number of amides is 1. The van der Waals surface area contributed by atoms with Gasteiger partial charge in [0.25, 0.3) is 0 Å².